The van der Waals surface area contributed by atoms with Gasteiger partial charge in [0.1, 0.15) is 5.75 Å². The Balaban J connectivity index is 1.92. The minimum atomic E-state index is -1.89. The fourth-order valence-electron chi connectivity index (χ4n) is 4.24. The molecule has 0 spiro atoms. The van der Waals surface area contributed by atoms with Gasteiger partial charge < -0.3 is 19.5 Å². The van der Waals surface area contributed by atoms with Gasteiger partial charge in [-0.2, -0.15) is 0 Å². The van der Waals surface area contributed by atoms with Crippen molar-refractivity contribution in [2.24, 2.45) is 0 Å². The molecule has 8 heteroatoms. The number of carbonyl (C=O) groups excluding carboxylic acids is 3. The molecule has 0 heterocycles. The van der Waals surface area contributed by atoms with Gasteiger partial charge in [0.2, 0.25) is 11.4 Å². The highest BCUT2D eigenvalue weighted by molar-refractivity contribution is 6.89. The minimum Gasteiger partial charge on any atom is -0.494 e. The zero-order chi connectivity index (χ0) is 27.3. The standard InChI is InChI=1S/C29H41NO6Si/c1-6-34-27(32)29(30-23(3)31,28(33)35-7-2)20-19-24-15-17-25(18-16-24)36-21-11-12-22-37(4,5)26-13-9-8-10-14-26/h8-10,13-18H,6-7,11-12,19-22H2,1-5H3,(H,30,31). The number of hydrogen-bond acceptors (Lipinski definition) is 6. The molecule has 202 valence electrons. The Morgan fingerprint density at radius 2 is 1.46 bits per heavy atom. The second kappa shape index (κ2) is 14.6. The third-order valence-corrected chi connectivity index (χ3v) is 9.87. The average molecular weight is 528 g/mol. The van der Waals surface area contributed by atoms with Crippen LogP contribution in [0.3, 0.4) is 0 Å². The van der Waals surface area contributed by atoms with Gasteiger partial charge >= 0.3 is 11.9 Å². The molecule has 0 saturated heterocycles. The monoisotopic (exact) mass is 527 g/mol. The molecule has 0 aliphatic rings. The van der Waals surface area contributed by atoms with Crippen LogP contribution in [0.5, 0.6) is 5.75 Å². The van der Waals surface area contributed by atoms with Crippen LogP contribution in [-0.2, 0) is 30.3 Å². The lowest BCUT2D eigenvalue weighted by atomic mass is 9.90. The highest BCUT2D eigenvalue weighted by atomic mass is 28.3. The van der Waals surface area contributed by atoms with Gasteiger partial charge in [0, 0.05) is 6.92 Å². The van der Waals surface area contributed by atoms with E-state index in [9.17, 15) is 14.4 Å². The van der Waals surface area contributed by atoms with E-state index in [1.165, 1.54) is 18.2 Å². The van der Waals surface area contributed by atoms with Crippen LogP contribution in [0.15, 0.2) is 54.6 Å². The van der Waals surface area contributed by atoms with Crippen LogP contribution in [0.25, 0.3) is 0 Å². The predicted molar refractivity (Wildman–Crippen MR) is 148 cm³/mol. The van der Waals surface area contributed by atoms with E-state index in [2.05, 4.69) is 48.7 Å². The number of benzene rings is 2. The number of amides is 1. The Morgan fingerprint density at radius 3 is 2.00 bits per heavy atom. The van der Waals surface area contributed by atoms with E-state index in [4.69, 9.17) is 14.2 Å². The van der Waals surface area contributed by atoms with Crippen LogP contribution in [0.4, 0.5) is 0 Å². The number of aryl methyl sites for hydroxylation is 1. The summed E-state index contributed by atoms with van der Waals surface area (Å²) in [6.45, 7) is 10.2. The first-order chi connectivity index (χ1) is 17.6. The van der Waals surface area contributed by atoms with E-state index in [1.807, 2.05) is 24.3 Å². The van der Waals surface area contributed by atoms with E-state index in [1.54, 1.807) is 13.8 Å². The number of hydrogen-bond donors (Lipinski definition) is 1. The van der Waals surface area contributed by atoms with E-state index in [-0.39, 0.29) is 19.6 Å². The first kappa shape index (κ1) is 30.1. The summed E-state index contributed by atoms with van der Waals surface area (Å²) in [6.07, 6.45) is 2.49. The average Bonchev–Trinajstić information content (AvgIpc) is 2.87. The van der Waals surface area contributed by atoms with Gasteiger partial charge in [0.25, 0.3) is 0 Å². The number of esters is 2. The maximum Gasteiger partial charge on any atom is 0.343 e. The molecule has 1 amide bonds. The molecular formula is C29H41NO6Si. The summed E-state index contributed by atoms with van der Waals surface area (Å²) in [4.78, 5) is 37.4. The molecule has 0 aliphatic carbocycles. The molecule has 2 aromatic carbocycles. The second-order valence-electron chi connectivity index (χ2n) is 9.73. The maximum atomic E-state index is 12.8. The molecule has 0 atom stereocenters. The topological polar surface area (TPSA) is 90.9 Å². The summed E-state index contributed by atoms with van der Waals surface area (Å²) in [5, 5.41) is 3.98. The minimum absolute atomic E-state index is 0.0194. The van der Waals surface area contributed by atoms with Crippen molar-refractivity contribution in [3.63, 3.8) is 0 Å². The van der Waals surface area contributed by atoms with Crippen molar-refractivity contribution >= 4 is 31.1 Å². The summed E-state index contributed by atoms with van der Waals surface area (Å²) in [5.74, 6) is -1.38. The molecule has 0 fully saturated rings. The van der Waals surface area contributed by atoms with E-state index in [0.717, 1.165) is 24.2 Å². The zero-order valence-electron chi connectivity index (χ0n) is 22.8. The fourth-order valence-corrected chi connectivity index (χ4v) is 6.76. The summed E-state index contributed by atoms with van der Waals surface area (Å²) < 4.78 is 16.2. The molecule has 2 rings (SSSR count). The third kappa shape index (κ3) is 9.04. The summed E-state index contributed by atoms with van der Waals surface area (Å²) in [6, 6.07) is 19.6. The van der Waals surface area contributed by atoms with Crippen LogP contribution in [0.1, 0.15) is 45.6 Å². The van der Waals surface area contributed by atoms with Crippen molar-refractivity contribution in [1.82, 2.24) is 5.32 Å². The van der Waals surface area contributed by atoms with Crippen molar-refractivity contribution in [3.05, 3.63) is 60.2 Å². The first-order valence-electron chi connectivity index (χ1n) is 13.0. The van der Waals surface area contributed by atoms with Crippen molar-refractivity contribution in [1.29, 1.82) is 0 Å². The van der Waals surface area contributed by atoms with E-state index >= 15 is 0 Å². The van der Waals surface area contributed by atoms with Gasteiger partial charge in [0.05, 0.1) is 27.9 Å². The molecule has 0 bridgehead atoms. The van der Waals surface area contributed by atoms with Crippen LogP contribution in [0.2, 0.25) is 19.1 Å². The SMILES string of the molecule is CCOC(=O)C(CCc1ccc(OCCCC[Si](C)(C)c2ccccc2)cc1)(NC(C)=O)C(=O)OCC. The molecular weight excluding hydrogens is 486 g/mol. The third-order valence-electron chi connectivity index (χ3n) is 6.37. The summed E-state index contributed by atoms with van der Waals surface area (Å²) in [5.41, 5.74) is -0.990. The number of ether oxygens (including phenoxy) is 3. The van der Waals surface area contributed by atoms with Crippen LogP contribution < -0.4 is 15.2 Å². The summed E-state index contributed by atoms with van der Waals surface area (Å²) >= 11 is 0. The predicted octanol–water partition coefficient (Wildman–Crippen LogP) is 4.39. The lowest BCUT2D eigenvalue weighted by Gasteiger charge is -2.29. The Kier molecular flexibility index (Phi) is 11.8. The van der Waals surface area contributed by atoms with Gasteiger partial charge in [-0.15, -0.1) is 0 Å². The van der Waals surface area contributed by atoms with E-state index < -0.39 is 31.5 Å². The maximum absolute atomic E-state index is 12.8. The van der Waals surface area contributed by atoms with Crippen molar-refractivity contribution < 1.29 is 28.6 Å². The summed E-state index contributed by atoms with van der Waals surface area (Å²) in [7, 11) is -1.43. The van der Waals surface area contributed by atoms with Gasteiger partial charge in [0.15, 0.2) is 0 Å². The van der Waals surface area contributed by atoms with Crippen LogP contribution >= 0.6 is 0 Å². The quantitative estimate of drug-likeness (QED) is 0.160. The molecule has 0 aromatic heterocycles. The van der Waals surface area contributed by atoms with Crippen molar-refractivity contribution in [2.75, 3.05) is 19.8 Å². The number of nitrogens with one attached hydrogen (secondary N) is 1. The molecule has 0 unspecified atom stereocenters. The first-order valence-corrected chi connectivity index (χ1v) is 16.3. The number of unbranched alkanes of at least 4 members (excludes halogenated alkanes) is 1. The van der Waals surface area contributed by atoms with Gasteiger partial charge in [-0.25, -0.2) is 9.59 Å². The molecule has 1 N–H and O–H groups in total. The van der Waals surface area contributed by atoms with Gasteiger partial charge in [-0.05, 0) is 50.8 Å². The lowest BCUT2D eigenvalue weighted by Crippen LogP contribution is -2.61. The van der Waals surface area contributed by atoms with Crippen LogP contribution in [-0.4, -0.2) is 51.3 Å². The molecule has 2 aromatic rings. The van der Waals surface area contributed by atoms with Gasteiger partial charge in [-0.1, -0.05) is 73.2 Å². The van der Waals surface area contributed by atoms with Crippen LogP contribution in [0, 0.1) is 0 Å². The molecule has 0 saturated carbocycles. The molecule has 0 aliphatic heterocycles. The van der Waals surface area contributed by atoms with Gasteiger partial charge in [-0.3, -0.25) is 4.79 Å². The second-order valence-corrected chi connectivity index (χ2v) is 14.6. The zero-order valence-corrected chi connectivity index (χ0v) is 23.8. The number of rotatable bonds is 15. The number of carbonyl (C=O) groups is 3. The van der Waals surface area contributed by atoms with Crippen molar-refractivity contribution in [2.45, 2.75) is 71.1 Å². The Labute approximate surface area is 221 Å². The Morgan fingerprint density at radius 1 is 0.865 bits per heavy atom. The van der Waals surface area contributed by atoms with E-state index in [0.29, 0.717) is 13.0 Å². The largest absolute Gasteiger partial charge is 0.494 e. The lowest BCUT2D eigenvalue weighted by molar-refractivity contribution is -0.168. The normalized spacial score (nSPS) is 11.5. The Hall–Kier alpha value is -3.13. The molecule has 0 radical (unpaired) electrons. The fraction of sp³-hybridized carbons (Fsp3) is 0.483. The highest BCUT2D eigenvalue weighted by Gasteiger charge is 2.49. The molecule has 37 heavy (non-hydrogen) atoms. The highest BCUT2D eigenvalue weighted by Crippen LogP contribution is 2.22. The van der Waals surface area contributed by atoms with Crippen molar-refractivity contribution in [3.8, 4) is 5.75 Å². The molecule has 7 nitrogen and oxygen atoms in total. The smallest absolute Gasteiger partial charge is 0.343 e. The Bertz CT molecular complexity index is 989.